The number of carbonyl (C=O) groups is 1. The first-order valence-electron chi connectivity index (χ1n) is 9.60. The number of furan rings is 1. The average Bonchev–Trinajstić information content (AvgIpc) is 3.44. The van der Waals surface area contributed by atoms with Crippen molar-refractivity contribution in [3.63, 3.8) is 0 Å². The summed E-state index contributed by atoms with van der Waals surface area (Å²) < 4.78 is 5.56. The Morgan fingerprint density at radius 3 is 2.38 bits per heavy atom. The first kappa shape index (κ1) is 19.2. The molecule has 4 aromatic rings. The molecular weight excluding hydrogens is 380 g/mol. The predicted octanol–water partition coefficient (Wildman–Crippen LogP) is 4.38. The van der Waals surface area contributed by atoms with Crippen LogP contribution in [0.1, 0.15) is 26.6 Å². The first-order chi connectivity index (χ1) is 14.3. The molecule has 0 spiro atoms. The Balaban J connectivity index is 1.42. The highest BCUT2D eigenvalue weighted by Gasteiger charge is 2.15. The number of anilines is 1. The third-order valence-electron chi connectivity index (χ3n) is 4.71. The maximum absolute atomic E-state index is 12.4. The van der Waals surface area contributed by atoms with Gasteiger partial charge in [0, 0.05) is 16.8 Å². The van der Waals surface area contributed by atoms with E-state index in [2.05, 4.69) is 22.8 Å². The quantitative estimate of drug-likeness (QED) is 0.459. The largest absolute Gasteiger partial charge is 0.463 e. The van der Waals surface area contributed by atoms with Gasteiger partial charge in [-0.05, 0) is 47.8 Å². The van der Waals surface area contributed by atoms with Crippen LogP contribution >= 0.6 is 11.3 Å². The monoisotopic (exact) mass is 403 g/mol. The van der Waals surface area contributed by atoms with E-state index in [9.17, 15) is 4.79 Å². The van der Waals surface area contributed by atoms with E-state index < -0.39 is 0 Å². The van der Waals surface area contributed by atoms with E-state index in [4.69, 9.17) is 4.42 Å². The van der Waals surface area contributed by atoms with E-state index in [0.29, 0.717) is 5.56 Å². The average molecular weight is 404 g/mol. The first-order valence-corrected chi connectivity index (χ1v) is 10.5. The Morgan fingerprint density at radius 1 is 0.862 bits per heavy atom. The second kappa shape index (κ2) is 9.37. The van der Waals surface area contributed by atoms with Gasteiger partial charge in [-0.1, -0.05) is 36.4 Å². The SMILES string of the molecule is O=C(Nc1ccccc1)c1ccc(C[NH+](Cc2ccco2)Cc2cccs2)cc1. The molecule has 1 amide bonds. The predicted molar refractivity (Wildman–Crippen MR) is 116 cm³/mol. The van der Waals surface area contributed by atoms with Crippen molar-refractivity contribution >= 4 is 22.9 Å². The summed E-state index contributed by atoms with van der Waals surface area (Å²) in [5.41, 5.74) is 2.65. The lowest BCUT2D eigenvalue weighted by Crippen LogP contribution is -3.08. The molecule has 1 unspecified atom stereocenters. The Labute approximate surface area is 174 Å². The summed E-state index contributed by atoms with van der Waals surface area (Å²) in [5, 5.41) is 5.03. The van der Waals surface area contributed by atoms with E-state index in [1.807, 2.05) is 66.7 Å². The summed E-state index contributed by atoms with van der Waals surface area (Å²) in [6, 6.07) is 25.6. The molecule has 146 valence electrons. The van der Waals surface area contributed by atoms with Crippen molar-refractivity contribution in [3.8, 4) is 0 Å². The van der Waals surface area contributed by atoms with Crippen LogP contribution in [0.2, 0.25) is 0 Å². The minimum Gasteiger partial charge on any atom is -0.463 e. The highest BCUT2D eigenvalue weighted by atomic mass is 32.1. The summed E-state index contributed by atoms with van der Waals surface area (Å²) in [5.74, 6) is 0.886. The fraction of sp³-hybridized carbons (Fsp3) is 0.125. The van der Waals surface area contributed by atoms with Crippen LogP contribution < -0.4 is 10.2 Å². The van der Waals surface area contributed by atoms with Crippen molar-refractivity contribution in [1.82, 2.24) is 0 Å². The molecule has 0 aliphatic carbocycles. The lowest BCUT2D eigenvalue weighted by molar-refractivity contribution is -0.941. The number of amides is 1. The maximum Gasteiger partial charge on any atom is 0.255 e. The zero-order valence-corrected chi connectivity index (χ0v) is 16.8. The van der Waals surface area contributed by atoms with Crippen molar-refractivity contribution in [2.45, 2.75) is 19.6 Å². The fourth-order valence-electron chi connectivity index (χ4n) is 3.29. The van der Waals surface area contributed by atoms with Gasteiger partial charge in [-0.15, -0.1) is 11.3 Å². The summed E-state index contributed by atoms with van der Waals surface area (Å²) >= 11 is 1.78. The molecule has 2 N–H and O–H groups in total. The lowest BCUT2D eigenvalue weighted by atomic mass is 10.1. The summed E-state index contributed by atoms with van der Waals surface area (Å²) in [6.45, 7) is 2.62. The number of nitrogens with one attached hydrogen (secondary N) is 2. The number of rotatable bonds is 8. The normalized spacial score (nSPS) is 11.9. The van der Waals surface area contributed by atoms with Crippen molar-refractivity contribution < 1.29 is 14.1 Å². The zero-order chi connectivity index (χ0) is 19.9. The molecule has 5 heteroatoms. The number of benzene rings is 2. The van der Waals surface area contributed by atoms with Crippen LogP contribution in [0.15, 0.2) is 94.9 Å². The summed E-state index contributed by atoms with van der Waals surface area (Å²) in [4.78, 5) is 15.2. The fourth-order valence-corrected chi connectivity index (χ4v) is 4.07. The van der Waals surface area contributed by atoms with Crippen LogP contribution in [0, 0.1) is 0 Å². The highest BCUT2D eigenvalue weighted by Crippen LogP contribution is 2.11. The van der Waals surface area contributed by atoms with Gasteiger partial charge in [0.05, 0.1) is 11.1 Å². The van der Waals surface area contributed by atoms with Gasteiger partial charge in [-0.2, -0.15) is 0 Å². The number of para-hydroxylation sites is 1. The Morgan fingerprint density at radius 2 is 1.69 bits per heavy atom. The molecule has 2 aromatic carbocycles. The van der Waals surface area contributed by atoms with Gasteiger partial charge in [0.2, 0.25) is 0 Å². The van der Waals surface area contributed by atoms with Crippen LogP contribution in [0.3, 0.4) is 0 Å². The molecule has 1 atom stereocenters. The van der Waals surface area contributed by atoms with Crippen LogP contribution in [-0.4, -0.2) is 5.91 Å². The number of carbonyl (C=O) groups excluding carboxylic acids is 1. The zero-order valence-electron chi connectivity index (χ0n) is 16.0. The van der Waals surface area contributed by atoms with Crippen LogP contribution in [0.25, 0.3) is 0 Å². The number of thiophene rings is 1. The molecule has 0 radical (unpaired) electrons. The topological polar surface area (TPSA) is 46.7 Å². The Hall–Kier alpha value is -3.15. The van der Waals surface area contributed by atoms with Gasteiger partial charge >= 0.3 is 0 Å². The van der Waals surface area contributed by atoms with Crippen LogP contribution in [0.5, 0.6) is 0 Å². The molecule has 0 aliphatic rings. The van der Waals surface area contributed by atoms with Crippen molar-refractivity contribution in [3.05, 3.63) is 112 Å². The van der Waals surface area contributed by atoms with Gasteiger partial charge in [-0.25, -0.2) is 0 Å². The minimum absolute atomic E-state index is 0.0962. The third-order valence-corrected chi connectivity index (χ3v) is 5.59. The van der Waals surface area contributed by atoms with E-state index in [0.717, 1.165) is 31.1 Å². The van der Waals surface area contributed by atoms with Crippen LogP contribution in [-0.2, 0) is 19.6 Å². The smallest absolute Gasteiger partial charge is 0.255 e. The number of hydrogen-bond acceptors (Lipinski definition) is 3. The Kier molecular flexibility index (Phi) is 6.19. The number of hydrogen-bond donors (Lipinski definition) is 2. The molecule has 0 fully saturated rings. The van der Waals surface area contributed by atoms with Crippen LogP contribution in [0.4, 0.5) is 5.69 Å². The highest BCUT2D eigenvalue weighted by molar-refractivity contribution is 7.09. The summed E-state index contributed by atoms with van der Waals surface area (Å²) in [7, 11) is 0. The second-order valence-corrected chi connectivity index (χ2v) is 7.99. The van der Waals surface area contributed by atoms with Gasteiger partial charge in [0.1, 0.15) is 19.6 Å². The second-order valence-electron chi connectivity index (χ2n) is 6.96. The van der Waals surface area contributed by atoms with Crippen molar-refractivity contribution in [2.24, 2.45) is 0 Å². The molecule has 4 nitrogen and oxygen atoms in total. The van der Waals surface area contributed by atoms with E-state index in [1.165, 1.54) is 15.3 Å². The number of quaternary nitrogens is 1. The lowest BCUT2D eigenvalue weighted by Gasteiger charge is -2.18. The molecule has 0 saturated heterocycles. The van der Waals surface area contributed by atoms with E-state index >= 15 is 0 Å². The molecule has 2 heterocycles. The standard InChI is InChI=1S/C24H22N2O2S/c27-24(25-21-6-2-1-3-7-21)20-12-10-19(11-13-20)16-26(17-22-8-4-14-28-22)18-23-9-5-15-29-23/h1-15H,16-18H2,(H,25,27)/p+1. The van der Waals surface area contributed by atoms with Gasteiger partial charge in [0.15, 0.2) is 5.76 Å². The molecule has 0 aliphatic heterocycles. The van der Waals surface area contributed by atoms with Gasteiger partial charge < -0.3 is 14.6 Å². The van der Waals surface area contributed by atoms with Crippen molar-refractivity contribution in [1.29, 1.82) is 0 Å². The van der Waals surface area contributed by atoms with Gasteiger partial charge in [-0.3, -0.25) is 4.79 Å². The summed E-state index contributed by atoms with van der Waals surface area (Å²) in [6.07, 6.45) is 1.72. The molecule has 0 saturated carbocycles. The molecule has 4 rings (SSSR count). The van der Waals surface area contributed by atoms with Gasteiger partial charge in [0.25, 0.3) is 5.91 Å². The maximum atomic E-state index is 12.4. The minimum atomic E-state index is -0.0962. The van der Waals surface area contributed by atoms with E-state index in [1.54, 1.807) is 17.6 Å². The molecular formula is C24H23N2O2S+. The Bertz CT molecular complexity index is 974. The molecule has 29 heavy (non-hydrogen) atoms. The molecule has 2 aromatic heterocycles. The third kappa shape index (κ3) is 5.44. The molecule has 0 bridgehead atoms. The van der Waals surface area contributed by atoms with Crippen molar-refractivity contribution in [2.75, 3.05) is 5.32 Å². The van der Waals surface area contributed by atoms with E-state index in [-0.39, 0.29) is 5.91 Å².